The van der Waals surface area contributed by atoms with Crippen molar-refractivity contribution >= 4 is 29.1 Å². The Hall–Kier alpha value is -1.79. The summed E-state index contributed by atoms with van der Waals surface area (Å²) in [5.74, 6) is 0.893. The van der Waals surface area contributed by atoms with Crippen LogP contribution in [0.1, 0.15) is 63.7 Å². The van der Waals surface area contributed by atoms with Gasteiger partial charge in [-0.25, -0.2) is 0 Å². The molecule has 0 aliphatic carbocycles. The second-order valence-corrected chi connectivity index (χ2v) is 11.4. The van der Waals surface area contributed by atoms with Gasteiger partial charge >= 0.3 is 0 Å². The lowest BCUT2D eigenvalue weighted by molar-refractivity contribution is -0.164. The van der Waals surface area contributed by atoms with Gasteiger partial charge in [0.05, 0.1) is 10.6 Å². The van der Waals surface area contributed by atoms with E-state index in [2.05, 4.69) is 4.90 Å². The van der Waals surface area contributed by atoms with Crippen molar-refractivity contribution in [1.29, 1.82) is 0 Å². The predicted octanol–water partition coefficient (Wildman–Crippen LogP) is 4.54. The number of anilines is 1. The number of amides is 2. The fraction of sp³-hybridized carbons (Fsp3) is 0.704. The summed E-state index contributed by atoms with van der Waals surface area (Å²) in [6.45, 7) is 11.1. The molecule has 2 heterocycles. The Balaban J connectivity index is 1.54. The summed E-state index contributed by atoms with van der Waals surface area (Å²) in [5.41, 5.74) is 0.320. The maximum absolute atomic E-state index is 13.2. The lowest BCUT2D eigenvalue weighted by Crippen LogP contribution is -2.57. The van der Waals surface area contributed by atoms with Gasteiger partial charge in [-0.2, -0.15) is 0 Å². The van der Waals surface area contributed by atoms with Gasteiger partial charge in [-0.1, -0.05) is 39.3 Å². The first-order chi connectivity index (χ1) is 16.0. The molecule has 190 valence electrons. The summed E-state index contributed by atoms with van der Waals surface area (Å²) in [6, 6.07) is 5.74. The van der Waals surface area contributed by atoms with E-state index in [0.717, 1.165) is 57.5 Å². The molecule has 1 aromatic rings. The van der Waals surface area contributed by atoms with Crippen LogP contribution >= 0.6 is 11.6 Å². The highest BCUT2D eigenvalue weighted by Crippen LogP contribution is 2.36. The zero-order valence-electron chi connectivity index (χ0n) is 21.7. The molecule has 0 aromatic heterocycles. The summed E-state index contributed by atoms with van der Waals surface area (Å²) in [5, 5.41) is 11.6. The molecule has 0 spiro atoms. The van der Waals surface area contributed by atoms with Crippen LogP contribution in [0.3, 0.4) is 0 Å². The maximum atomic E-state index is 13.2. The molecule has 2 saturated heterocycles. The van der Waals surface area contributed by atoms with E-state index in [4.69, 9.17) is 11.6 Å². The first kappa shape index (κ1) is 26.8. The molecule has 2 amide bonds. The molecule has 7 heteroatoms. The number of carbonyl (C=O) groups is 2. The van der Waals surface area contributed by atoms with E-state index in [1.54, 1.807) is 14.1 Å². The number of likely N-dealkylation sites (tertiary alicyclic amines) is 1. The fourth-order valence-corrected chi connectivity index (χ4v) is 5.99. The molecular formula is C27H42ClN3O3. The van der Waals surface area contributed by atoms with Crippen LogP contribution in [0.5, 0.6) is 0 Å². The van der Waals surface area contributed by atoms with Crippen molar-refractivity contribution in [2.75, 3.05) is 45.2 Å². The van der Waals surface area contributed by atoms with Crippen LogP contribution in [0.15, 0.2) is 18.2 Å². The van der Waals surface area contributed by atoms with Crippen LogP contribution < -0.4 is 4.90 Å². The Kier molecular flexibility index (Phi) is 8.56. The summed E-state index contributed by atoms with van der Waals surface area (Å²) in [6.07, 6.45) is 4.26. The average molecular weight is 492 g/mol. The van der Waals surface area contributed by atoms with Crippen molar-refractivity contribution < 1.29 is 14.7 Å². The standard InChI is InChI=1S/C27H42ClN3O3/c1-18(2)27(34,19(3)4)26(33)31-15-11-21(12-16-31)20-9-13-30(14-10-20)22-7-8-23(24(28)17-22)25(32)29(5)6/h7-8,17-21,34H,9-16H2,1-6H3. The number of hydrogen-bond acceptors (Lipinski definition) is 4. The van der Waals surface area contributed by atoms with Crippen molar-refractivity contribution in [3.05, 3.63) is 28.8 Å². The van der Waals surface area contributed by atoms with Gasteiger partial charge in [0.15, 0.2) is 0 Å². The van der Waals surface area contributed by atoms with Crippen molar-refractivity contribution in [1.82, 2.24) is 9.80 Å². The normalized spacial score (nSPS) is 18.6. The second kappa shape index (κ2) is 10.9. The van der Waals surface area contributed by atoms with Crippen LogP contribution in [0, 0.1) is 23.7 Å². The molecule has 2 fully saturated rings. The van der Waals surface area contributed by atoms with Crippen LogP contribution in [0.2, 0.25) is 5.02 Å². The van der Waals surface area contributed by atoms with Gasteiger partial charge in [-0.15, -0.1) is 0 Å². The van der Waals surface area contributed by atoms with Crippen molar-refractivity contribution in [3.8, 4) is 0 Å². The number of aliphatic hydroxyl groups is 1. The number of piperidine rings is 2. The van der Waals surface area contributed by atoms with Gasteiger partial charge in [0.1, 0.15) is 5.60 Å². The van der Waals surface area contributed by atoms with E-state index < -0.39 is 5.60 Å². The summed E-state index contributed by atoms with van der Waals surface area (Å²) in [7, 11) is 3.46. The van der Waals surface area contributed by atoms with E-state index in [1.807, 2.05) is 50.8 Å². The lowest BCUT2D eigenvalue weighted by Gasteiger charge is -2.44. The summed E-state index contributed by atoms with van der Waals surface area (Å²) >= 11 is 6.42. The molecule has 1 aromatic carbocycles. The molecule has 6 nitrogen and oxygen atoms in total. The predicted molar refractivity (Wildman–Crippen MR) is 138 cm³/mol. The van der Waals surface area contributed by atoms with Crippen LogP contribution in [-0.2, 0) is 4.79 Å². The Bertz CT molecular complexity index is 862. The SMILES string of the molecule is CC(C)C(O)(C(=O)N1CCC(C2CCN(c3ccc(C(=O)N(C)C)c(Cl)c3)CC2)CC1)C(C)C. The minimum Gasteiger partial charge on any atom is -0.379 e. The van der Waals surface area contributed by atoms with E-state index in [0.29, 0.717) is 22.4 Å². The molecule has 0 bridgehead atoms. The average Bonchev–Trinajstić information content (AvgIpc) is 2.82. The Labute approximate surface area is 210 Å². The third-order valence-electron chi connectivity index (χ3n) is 8.09. The van der Waals surface area contributed by atoms with Crippen LogP contribution in [-0.4, -0.2) is 72.6 Å². The number of hydrogen-bond donors (Lipinski definition) is 1. The minimum absolute atomic E-state index is 0.0830. The smallest absolute Gasteiger partial charge is 0.255 e. The number of halogens is 1. The van der Waals surface area contributed by atoms with Gasteiger partial charge in [-0.05, 0) is 67.6 Å². The van der Waals surface area contributed by atoms with Gasteiger partial charge in [0.2, 0.25) is 0 Å². The van der Waals surface area contributed by atoms with Crippen molar-refractivity contribution in [2.24, 2.45) is 23.7 Å². The third-order valence-corrected chi connectivity index (χ3v) is 8.40. The Morgan fingerprint density at radius 1 is 0.971 bits per heavy atom. The first-order valence-corrected chi connectivity index (χ1v) is 13.1. The second-order valence-electron chi connectivity index (χ2n) is 11.0. The largest absolute Gasteiger partial charge is 0.379 e. The van der Waals surface area contributed by atoms with E-state index in [1.165, 1.54) is 4.90 Å². The molecule has 2 aliphatic heterocycles. The number of nitrogens with zero attached hydrogens (tertiary/aromatic N) is 3. The molecule has 0 saturated carbocycles. The zero-order chi connectivity index (χ0) is 25.2. The van der Waals surface area contributed by atoms with E-state index in [-0.39, 0.29) is 23.7 Å². The van der Waals surface area contributed by atoms with E-state index >= 15 is 0 Å². The lowest BCUT2D eigenvalue weighted by atomic mass is 9.76. The molecule has 0 unspecified atom stereocenters. The molecule has 34 heavy (non-hydrogen) atoms. The highest BCUT2D eigenvalue weighted by Gasteiger charge is 2.45. The van der Waals surface area contributed by atoms with Crippen LogP contribution in [0.25, 0.3) is 0 Å². The summed E-state index contributed by atoms with van der Waals surface area (Å²) < 4.78 is 0. The van der Waals surface area contributed by atoms with Crippen molar-refractivity contribution in [2.45, 2.75) is 59.0 Å². The Morgan fingerprint density at radius 2 is 1.47 bits per heavy atom. The monoisotopic (exact) mass is 491 g/mol. The van der Waals surface area contributed by atoms with E-state index in [9.17, 15) is 14.7 Å². The van der Waals surface area contributed by atoms with Gasteiger partial charge in [0, 0.05) is 46.0 Å². The fourth-order valence-electron chi connectivity index (χ4n) is 5.73. The van der Waals surface area contributed by atoms with Gasteiger partial charge in [0.25, 0.3) is 11.8 Å². The molecule has 3 rings (SSSR count). The Morgan fingerprint density at radius 3 is 1.91 bits per heavy atom. The van der Waals surface area contributed by atoms with Crippen molar-refractivity contribution in [3.63, 3.8) is 0 Å². The van der Waals surface area contributed by atoms with Gasteiger partial charge in [-0.3, -0.25) is 9.59 Å². The number of benzene rings is 1. The molecule has 0 atom stereocenters. The molecular weight excluding hydrogens is 450 g/mol. The first-order valence-electron chi connectivity index (χ1n) is 12.7. The highest BCUT2D eigenvalue weighted by molar-refractivity contribution is 6.34. The number of carbonyl (C=O) groups excluding carboxylic acids is 2. The molecule has 2 aliphatic rings. The third kappa shape index (κ3) is 5.38. The summed E-state index contributed by atoms with van der Waals surface area (Å²) in [4.78, 5) is 31.2. The minimum atomic E-state index is -1.29. The van der Waals surface area contributed by atoms with Gasteiger partial charge < -0.3 is 19.8 Å². The highest BCUT2D eigenvalue weighted by atomic mass is 35.5. The maximum Gasteiger partial charge on any atom is 0.255 e. The zero-order valence-corrected chi connectivity index (χ0v) is 22.4. The molecule has 0 radical (unpaired) electrons. The quantitative estimate of drug-likeness (QED) is 0.634. The van der Waals surface area contributed by atoms with Crippen LogP contribution in [0.4, 0.5) is 5.69 Å². The topological polar surface area (TPSA) is 64.1 Å². The molecule has 1 N–H and O–H groups in total. The number of rotatable bonds is 6.